The fourth-order valence-electron chi connectivity index (χ4n) is 3.48. The number of nitrogens with one attached hydrogen (secondary N) is 1. The van der Waals surface area contributed by atoms with E-state index in [0.717, 1.165) is 4.90 Å². The molecule has 0 bridgehead atoms. The van der Waals surface area contributed by atoms with Crippen molar-refractivity contribution in [2.75, 3.05) is 19.0 Å². The first-order valence-corrected chi connectivity index (χ1v) is 10.3. The van der Waals surface area contributed by atoms with Gasteiger partial charge in [-0.1, -0.05) is 26.0 Å². The molecule has 9 nitrogen and oxygen atoms in total. The molecule has 2 aromatic rings. The summed E-state index contributed by atoms with van der Waals surface area (Å²) < 4.78 is 9.77. The smallest absolute Gasteiger partial charge is 0.337 e. The van der Waals surface area contributed by atoms with Gasteiger partial charge in [-0.3, -0.25) is 19.3 Å². The van der Waals surface area contributed by atoms with E-state index in [1.165, 1.54) is 43.5 Å². The van der Waals surface area contributed by atoms with Crippen molar-refractivity contribution in [3.05, 3.63) is 65.2 Å². The van der Waals surface area contributed by atoms with Crippen molar-refractivity contribution in [2.45, 2.75) is 26.3 Å². The molecule has 2 aromatic carbocycles. The monoisotopic (exact) mass is 452 g/mol. The maximum absolute atomic E-state index is 12.8. The Morgan fingerprint density at radius 1 is 0.939 bits per heavy atom. The van der Waals surface area contributed by atoms with Crippen molar-refractivity contribution in [3.63, 3.8) is 0 Å². The number of anilines is 1. The van der Waals surface area contributed by atoms with Crippen molar-refractivity contribution >= 4 is 35.3 Å². The van der Waals surface area contributed by atoms with Crippen LogP contribution < -0.4 is 5.32 Å². The lowest BCUT2D eigenvalue weighted by Crippen LogP contribution is -2.46. The maximum atomic E-state index is 12.8. The molecule has 1 aliphatic heterocycles. The van der Waals surface area contributed by atoms with Crippen LogP contribution in [-0.4, -0.2) is 54.3 Å². The highest BCUT2D eigenvalue weighted by Crippen LogP contribution is 2.27. The number of methoxy groups -OCH3 is 1. The van der Waals surface area contributed by atoms with Gasteiger partial charge in [0.15, 0.2) is 6.61 Å². The number of nitrogens with zero attached hydrogens (tertiary/aromatic N) is 1. The third-order valence-corrected chi connectivity index (χ3v) is 5.04. The molecule has 9 heteroatoms. The highest BCUT2D eigenvalue weighted by Gasteiger charge is 2.43. The summed E-state index contributed by atoms with van der Waals surface area (Å²) >= 11 is 0. The molecule has 33 heavy (non-hydrogen) atoms. The van der Waals surface area contributed by atoms with E-state index >= 15 is 0 Å². The number of benzene rings is 2. The van der Waals surface area contributed by atoms with Crippen molar-refractivity contribution in [1.29, 1.82) is 0 Å². The number of rotatable bonds is 8. The standard InChI is InChI=1S/C24H24N2O7/c1-14(2)12-19(26-21(28)17-6-4-5-7-18(17)22(26)29)24(31)33-13-20(27)25-16-10-8-15(9-11-16)23(30)32-3/h4-11,14,19H,12-13H2,1-3H3,(H,25,27)/t19-/m0/s1. The number of hydrogen-bond acceptors (Lipinski definition) is 7. The van der Waals surface area contributed by atoms with Crippen LogP contribution in [0.25, 0.3) is 0 Å². The Morgan fingerprint density at radius 2 is 1.52 bits per heavy atom. The Hall–Kier alpha value is -4.01. The number of carbonyl (C=O) groups is 5. The summed E-state index contributed by atoms with van der Waals surface area (Å²) in [5.41, 5.74) is 1.18. The number of amides is 3. The van der Waals surface area contributed by atoms with Crippen LogP contribution in [0.1, 0.15) is 51.3 Å². The van der Waals surface area contributed by atoms with Crippen LogP contribution in [0.2, 0.25) is 0 Å². The highest BCUT2D eigenvalue weighted by molar-refractivity contribution is 6.22. The zero-order valence-corrected chi connectivity index (χ0v) is 18.5. The van der Waals surface area contributed by atoms with E-state index in [2.05, 4.69) is 10.1 Å². The van der Waals surface area contributed by atoms with E-state index < -0.39 is 42.3 Å². The third kappa shape index (κ3) is 5.25. The minimum atomic E-state index is -1.15. The topological polar surface area (TPSA) is 119 Å². The van der Waals surface area contributed by atoms with E-state index in [-0.39, 0.29) is 23.5 Å². The molecule has 0 aromatic heterocycles. The fourth-order valence-corrected chi connectivity index (χ4v) is 3.48. The zero-order valence-electron chi connectivity index (χ0n) is 18.5. The summed E-state index contributed by atoms with van der Waals surface area (Å²) in [7, 11) is 1.26. The number of carbonyl (C=O) groups excluding carboxylic acids is 5. The van der Waals surface area contributed by atoms with E-state index in [1.807, 2.05) is 13.8 Å². The zero-order chi connectivity index (χ0) is 24.1. The summed E-state index contributed by atoms with van der Waals surface area (Å²) in [5.74, 6) is -3.10. The average molecular weight is 452 g/mol. The molecule has 172 valence electrons. The van der Waals surface area contributed by atoms with Gasteiger partial charge >= 0.3 is 11.9 Å². The lowest BCUT2D eigenvalue weighted by atomic mass is 10.0. The Kier molecular flexibility index (Phi) is 7.22. The maximum Gasteiger partial charge on any atom is 0.337 e. The van der Waals surface area contributed by atoms with Crippen molar-refractivity contribution in [3.8, 4) is 0 Å². The van der Waals surface area contributed by atoms with E-state index in [9.17, 15) is 24.0 Å². The van der Waals surface area contributed by atoms with Gasteiger partial charge in [-0.15, -0.1) is 0 Å². The lowest BCUT2D eigenvalue weighted by Gasteiger charge is -2.25. The van der Waals surface area contributed by atoms with Crippen LogP contribution in [0.4, 0.5) is 5.69 Å². The first kappa shape index (κ1) is 23.6. The Morgan fingerprint density at radius 3 is 2.03 bits per heavy atom. The lowest BCUT2D eigenvalue weighted by molar-refractivity contribution is -0.151. The quantitative estimate of drug-likeness (QED) is 0.483. The van der Waals surface area contributed by atoms with Gasteiger partial charge in [0, 0.05) is 5.69 Å². The number of imide groups is 1. The van der Waals surface area contributed by atoms with Crippen molar-refractivity contribution in [2.24, 2.45) is 5.92 Å². The number of ether oxygens (including phenoxy) is 2. The van der Waals surface area contributed by atoms with Gasteiger partial charge in [0.2, 0.25) is 0 Å². The summed E-state index contributed by atoms with van der Waals surface area (Å²) in [4.78, 5) is 63.0. The summed E-state index contributed by atoms with van der Waals surface area (Å²) in [6.45, 7) is 3.10. The number of hydrogen-bond donors (Lipinski definition) is 1. The second kappa shape index (κ2) is 10.1. The molecule has 0 saturated carbocycles. The van der Waals surface area contributed by atoms with Crippen LogP contribution in [-0.2, 0) is 19.1 Å². The molecular weight excluding hydrogens is 428 g/mol. The molecule has 1 atom stereocenters. The third-order valence-electron chi connectivity index (χ3n) is 5.04. The Labute approximate surface area is 190 Å². The van der Waals surface area contributed by atoms with Crippen molar-refractivity contribution < 1.29 is 33.4 Å². The Balaban J connectivity index is 1.65. The SMILES string of the molecule is COC(=O)c1ccc(NC(=O)COC(=O)[C@H](CC(C)C)N2C(=O)c3ccccc3C2=O)cc1. The molecule has 1 aliphatic rings. The van der Waals surface area contributed by atoms with Crippen LogP contribution in [0, 0.1) is 5.92 Å². The molecule has 0 saturated heterocycles. The van der Waals surface area contributed by atoms with E-state index in [1.54, 1.807) is 12.1 Å². The molecule has 0 fully saturated rings. The van der Waals surface area contributed by atoms with Gasteiger partial charge in [-0.05, 0) is 48.7 Å². The number of esters is 2. The molecule has 0 aliphatic carbocycles. The van der Waals surface area contributed by atoms with Crippen LogP contribution >= 0.6 is 0 Å². The fraction of sp³-hybridized carbons (Fsp3) is 0.292. The van der Waals surface area contributed by atoms with E-state index in [4.69, 9.17) is 4.74 Å². The molecule has 0 radical (unpaired) electrons. The van der Waals surface area contributed by atoms with Gasteiger partial charge in [0.1, 0.15) is 6.04 Å². The largest absolute Gasteiger partial charge is 0.465 e. The van der Waals surface area contributed by atoms with Gasteiger partial charge < -0.3 is 14.8 Å². The summed E-state index contributed by atoms with van der Waals surface area (Å²) in [6, 6.07) is 11.2. The normalized spacial score (nSPS) is 13.5. The first-order valence-electron chi connectivity index (χ1n) is 10.3. The summed E-state index contributed by atoms with van der Waals surface area (Å²) in [6.07, 6.45) is 0.195. The van der Waals surface area contributed by atoms with Gasteiger partial charge in [-0.2, -0.15) is 0 Å². The Bertz CT molecular complexity index is 1060. The molecule has 1 heterocycles. The molecule has 1 N–H and O–H groups in total. The average Bonchev–Trinajstić information content (AvgIpc) is 3.06. The molecule has 0 unspecified atom stereocenters. The predicted octanol–water partition coefficient (Wildman–Crippen LogP) is 2.67. The van der Waals surface area contributed by atoms with Crippen LogP contribution in [0.3, 0.4) is 0 Å². The summed E-state index contributed by atoms with van der Waals surface area (Å²) in [5, 5.41) is 2.55. The highest BCUT2D eigenvalue weighted by atomic mass is 16.5. The van der Waals surface area contributed by atoms with E-state index in [0.29, 0.717) is 11.3 Å². The van der Waals surface area contributed by atoms with Crippen LogP contribution in [0.15, 0.2) is 48.5 Å². The molecular formula is C24H24N2O7. The molecule has 0 spiro atoms. The minimum Gasteiger partial charge on any atom is -0.465 e. The predicted molar refractivity (Wildman–Crippen MR) is 118 cm³/mol. The van der Waals surface area contributed by atoms with Gasteiger partial charge in [-0.25, -0.2) is 9.59 Å². The second-order valence-electron chi connectivity index (χ2n) is 7.90. The first-order chi connectivity index (χ1) is 15.7. The van der Waals surface area contributed by atoms with Gasteiger partial charge in [0.25, 0.3) is 17.7 Å². The van der Waals surface area contributed by atoms with Crippen LogP contribution in [0.5, 0.6) is 0 Å². The minimum absolute atomic E-state index is 0.0194. The van der Waals surface area contributed by atoms with Crippen molar-refractivity contribution in [1.82, 2.24) is 4.90 Å². The second-order valence-corrected chi connectivity index (χ2v) is 7.90. The van der Waals surface area contributed by atoms with Gasteiger partial charge in [0.05, 0.1) is 23.8 Å². The molecule has 3 amide bonds. The molecule has 3 rings (SSSR count). The number of fused-ring (bicyclic) bond motifs is 1.